The number of ether oxygens (including phenoxy) is 1. The first kappa shape index (κ1) is 17.4. The molecule has 1 fully saturated rings. The molecule has 146 valence electrons. The minimum Gasteiger partial charge on any atom is -0.452 e. The van der Waals surface area contributed by atoms with Crippen molar-refractivity contribution in [3.8, 4) is 11.5 Å². The Balaban J connectivity index is 1.69. The second-order valence-electron chi connectivity index (χ2n) is 6.92. The lowest BCUT2D eigenvalue weighted by Crippen LogP contribution is -2.36. The van der Waals surface area contributed by atoms with Crippen molar-refractivity contribution >= 4 is 39.8 Å². The summed E-state index contributed by atoms with van der Waals surface area (Å²) < 4.78 is 10.9. The quantitative estimate of drug-likeness (QED) is 0.518. The summed E-state index contributed by atoms with van der Waals surface area (Å²) in [5.74, 6) is 0.0214. The van der Waals surface area contributed by atoms with Gasteiger partial charge >= 0.3 is 0 Å². The number of amides is 1. The number of pyridine rings is 1. The van der Waals surface area contributed by atoms with Gasteiger partial charge in [0.15, 0.2) is 17.8 Å². The summed E-state index contributed by atoms with van der Waals surface area (Å²) in [7, 11) is 0. The lowest BCUT2D eigenvalue weighted by Gasteiger charge is -2.28. The van der Waals surface area contributed by atoms with Crippen molar-refractivity contribution in [3.05, 3.63) is 47.7 Å². The van der Waals surface area contributed by atoms with Gasteiger partial charge in [0.2, 0.25) is 0 Å². The highest BCUT2D eigenvalue weighted by molar-refractivity contribution is 6.14. The molecule has 29 heavy (non-hydrogen) atoms. The third-order valence-electron chi connectivity index (χ3n) is 5.17. The summed E-state index contributed by atoms with van der Waals surface area (Å²) >= 11 is 0. The van der Waals surface area contributed by atoms with Gasteiger partial charge in [0, 0.05) is 24.2 Å². The van der Waals surface area contributed by atoms with E-state index in [2.05, 4.69) is 14.9 Å². The van der Waals surface area contributed by atoms with Crippen LogP contribution in [-0.4, -0.2) is 48.5 Å². The maximum atomic E-state index is 12.1. The Labute approximate surface area is 165 Å². The normalized spacial score (nSPS) is 14.6. The fourth-order valence-corrected chi connectivity index (χ4v) is 3.74. The summed E-state index contributed by atoms with van der Waals surface area (Å²) in [6, 6.07) is 10.9. The van der Waals surface area contributed by atoms with Crippen LogP contribution in [0.5, 0.6) is 0 Å². The SMILES string of the molecule is NC(=O)c1cc(-c2ccc(C=O)o2)nc2c1[nH]c1cc(N3CCOCC3)ccc12. The number of rotatable bonds is 4. The average molecular weight is 390 g/mol. The van der Waals surface area contributed by atoms with E-state index in [1.165, 1.54) is 0 Å². The van der Waals surface area contributed by atoms with Crippen LogP contribution in [0.15, 0.2) is 40.8 Å². The van der Waals surface area contributed by atoms with Crippen molar-refractivity contribution < 1.29 is 18.7 Å². The van der Waals surface area contributed by atoms with Gasteiger partial charge in [-0.25, -0.2) is 4.98 Å². The highest BCUT2D eigenvalue weighted by Crippen LogP contribution is 2.32. The summed E-state index contributed by atoms with van der Waals surface area (Å²) in [5.41, 5.74) is 9.54. The second-order valence-corrected chi connectivity index (χ2v) is 6.92. The van der Waals surface area contributed by atoms with Crippen LogP contribution in [0.2, 0.25) is 0 Å². The molecule has 0 spiro atoms. The molecule has 8 heteroatoms. The number of furan rings is 1. The summed E-state index contributed by atoms with van der Waals surface area (Å²) in [6.45, 7) is 3.07. The zero-order valence-corrected chi connectivity index (χ0v) is 15.5. The number of nitrogens with one attached hydrogen (secondary N) is 1. The number of aromatic nitrogens is 2. The van der Waals surface area contributed by atoms with Crippen molar-refractivity contribution in [3.63, 3.8) is 0 Å². The Morgan fingerprint density at radius 3 is 2.72 bits per heavy atom. The standard InChI is InChI=1S/C21H18N4O4/c22-21(27)15-10-17(18-4-2-13(11-26)29-18)24-19-14-3-1-12(9-16(14)23-20(15)19)25-5-7-28-8-6-25/h1-4,9-11,23H,5-8H2,(H2,22,27). The van der Waals surface area contributed by atoms with Crippen LogP contribution in [0, 0.1) is 0 Å². The van der Waals surface area contributed by atoms with Crippen LogP contribution in [0.4, 0.5) is 5.69 Å². The van der Waals surface area contributed by atoms with E-state index in [9.17, 15) is 9.59 Å². The molecule has 1 aliphatic rings. The zero-order valence-electron chi connectivity index (χ0n) is 15.5. The first-order chi connectivity index (χ1) is 14.1. The third kappa shape index (κ3) is 2.94. The zero-order chi connectivity index (χ0) is 20.0. The number of anilines is 1. The number of carbonyl (C=O) groups excluding carboxylic acids is 2. The topological polar surface area (TPSA) is 114 Å². The van der Waals surface area contributed by atoms with E-state index < -0.39 is 5.91 Å². The Hall–Kier alpha value is -3.65. The number of aldehydes is 1. The van der Waals surface area contributed by atoms with Crippen molar-refractivity contribution in [1.82, 2.24) is 9.97 Å². The molecular weight excluding hydrogens is 372 g/mol. The van der Waals surface area contributed by atoms with E-state index in [4.69, 9.17) is 14.9 Å². The molecule has 1 aromatic carbocycles. The summed E-state index contributed by atoms with van der Waals surface area (Å²) in [4.78, 5) is 33.3. The van der Waals surface area contributed by atoms with Crippen LogP contribution in [0.25, 0.3) is 33.4 Å². The fraction of sp³-hybridized carbons (Fsp3) is 0.190. The van der Waals surface area contributed by atoms with Gasteiger partial charge in [-0.1, -0.05) is 0 Å². The summed E-state index contributed by atoms with van der Waals surface area (Å²) in [5, 5.41) is 0.878. The van der Waals surface area contributed by atoms with Crippen molar-refractivity contribution in [1.29, 1.82) is 0 Å². The lowest BCUT2D eigenvalue weighted by atomic mass is 10.1. The van der Waals surface area contributed by atoms with Crippen molar-refractivity contribution in [2.24, 2.45) is 5.73 Å². The molecule has 0 radical (unpaired) electrons. The molecule has 4 aromatic rings. The highest BCUT2D eigenvalue weighted by Gasteiger charge is 2.19. The Kier molecular flexibility index (Phi) is 4.06. The Morgan fingerprint density at radius 1 is 1.17 bits per heavy atom. The number of morpholine rings is 1. The van der Waals surface area contributed by atoms with E-state index in [1.807, 2.05) is 18.2 Å². The number of hydrogen-bond acceptors (Lipinski definition) is 6. The van der Waals surface area contributed by atoms with Gasteiger partial charge in [-0.15, -0.1) is 0 Å². The average Bonchev–Trinajstić information content (AvgIpc) is 3.37. The molecule has 0 aliphatic carbocycles. The number of aromatic amines is 1. The predicted octanol–water partition coefficient (Wildman–Crippen LogP) is 2.72. The number of nitrogens with two attached hydrogens (primary N) is 1. The molecule has 3 aromatic heterocycles. The molecule has 0 bridgehead atoms. The van der Waals surface area contributed by atoms with E-state index in [-0.39, 0.29) is 5.76 Å². The molecule has 1 amide bonds. The van der Waals surface area contributed by atoms with Crippen LogP contribution < -0.4 is 10.6 Å². The lowest BCUT2D eigenvalue weighted by molar-refractivity contribution is 0.100. The predicted molar refractivity (Wildman–Crippen MR) is 108 cm³/mol. The van der Waals surface area contributed by atoms with Gasteiger partial charge in [0.1, 0.15) is 5.69 Å². The van der Waals surface area contributed by atoms with Crippen LogP contribution in [0.1, 0.15) is 20.9 Å². The fourth-order valence-electron chi connectivity index (χ4n) is 3.74. The monoisotopic (exact) mass is 390 g/mol. The van der Waals surface area contributed by atoms with Crippen LogP contribution >= 0.6 is 0 Å². The molecule has 3 N–H and O–H groups in total. The van der Waals surface area contributed by atoms with Gasteiger partial charge in [-0.3, -0.25) is 9.59 Å². The van der Waals surface area contributed by atoms with Crippen molar-refractivity contribution in [2.45, 2.75) is 0 Å². The molecule has 0 atom stereocenters. The molecule has 5 rings (SSSR count). The first-order valence-corrected chi connectivity index (χ1v) is 9.28. The summed E-state index contributed by atoms with van der Waals surface area (Å²) in [6.07, 6.45) is 0.621. The molecule has 0 saturated carbocycles. The maximum absolute atomic E-state index is 12.1. The molecule has 1 saturated heterocycles. The Bertz CT molecular complexity index is 1250. The van der Waals surface area contributed by atoms with Gasteiger partial charge in [0.25, 0.3) is 5.91 Å². The number of benzene rings is 1. The molecule has 4 heterocycles. The number of nitrogens with zero attached hydrogens (tertiary/aromatic N) is 2. The van der Waals surface area contributed by atoms with E-state index in [0.717, 1.165) is 29.7 Å². The first-order valence-electron chi connectivity index (χ1n) is 9.28. The van der Waals surface area contributed by atoms with Crippen molar-refractivity contribution in [2.75, 3.05) is 31.2 Å². The highest BCUT2D eigenvalue weighted by atomic mass is 16.5. The van der Waals surface area contributed by atoms with Crippen LogP contribution in [0.3, 0.4) is 0 Å². The smallest absolute Gasteiger partial charge is 0.250 e. The second kappa shape index (κ2) is 6.75. The van der Waals surface area contributed by atoms with Crippen LogP contribution in [-0.2, 0) is 4.74 Å². The molecule has 0 unspecified atom stereocenters. The maximum Gasteiger partial charge on any atom is 0.250 e. The van der Waals surface area contributed by atoms with E-state index >= 15 is 0 Å². The van der Waals surface area contributed by atoms with E-state index in [0.29, 0.717) is 47.6 Å². The van der Waals surface area contributed by atoms with Gasteiger partial charge in [-0.2, -0.15) is 0 Å². The minimum atomic E-state index is -0.569. The number of carbonyl (C=O) groups is 2. The van der Waals surface area contributed by atoms with Gasteiger partial charge in [-0.05, 0) is 36.4 Å². The Morgan fingerprint density at radius 2 is 2.00 bits per heavy atom. The number of fused-ring (bicyclic) bond motifs is 3. The largest absolute Gasteiger partial charge is 0.452 e. The molecule has 1 aliphatic heterocycles. The minimum absolute atomic E-state index is 0.191. The van der Waals surface area contributed by atoms with E-state index in [1.54, 1.807) is 18.2 Å². The molecular formula is C21H18N4O4. The third-order valence-corrected chi connectivity index (χ3v) is 5.17. The number of H-pyrrole nitrogens is 1. The van der Waals surface area contributed by atoms with Gasteiger partial charge in [0.05, 0.1) is 35.3 Å². The van der Waals surface area contributed by atoms with Gasteiger partial charge < -0.3 is 24.8 Å². The number of primary amides is 1. The number of hydrogen-bond donors (Lipinski definition) is 2. The molecule has 8 nitrogen and oxygen atoms in total.